The molecule has 204 valence electrons. The molecule has 1 aliphatic rings. The van der Waals surface area contributed by atoms with Crippen LogP contribution >= 0.6 is 0 Å². The third kappa shape index (κ3) is 5.21. The maximum absolute atomic E-state index is 14.3. The highest BCUT2D eigenvalue weighted by Crippen LogP contribution is 2.38. The smallest absolute Gasteiger partial charge is 0.259 e. The van der Waals surface area contributed by atoms with Gasteiger partial charge in [0.15, 0.2) is 11.5 Å². The van der Waals surface area contributed by atoms with Gasteiger partial charge in [0.1, 0.15) is 12.4 Å². The van der Waals surface area contributed by atoms with Crippen molar-refractivity contribution >= 4 is 40.8 Å². The van der Waals surface area contributed by atoms with Gasteiger partial charge in [-0.25, -0.2) is 4.98 Å². The van der Waals surface area contributed by atoms with Crippen molar-refractivity contribution in [2.24, 2.45) is 0 Å². The Bertz CT molecular complexity index is 1490. The predicted octanol–water partition coefficient (Wildman–Crippen LogP) is 7.12. The van der Waals surface area contributed by atoms with Crippen molar-refractivity contribution < 1.29 is 14.2 Å². The van der Waals surface area contributed by atoms with Crippen LogP contribution in [-0.4, -0.2) is 43.0 Å². The molecule has 0 saturated heterocycles. The minimum absolute atomic E-state index is 0.0330. The van der Waals surface area contributed by atoms with Crippen LogP contribution in [0.25, 0.3) is 32.7 Å². The molecule has 8 heteroatoms. The van der Waals surface area contributed by atoms with Crippen LogP contribution in [-0.2, 0) is 11.5 Å². The molecule has 0 N–H and O–H groups in total. The standard InChI is InChI=1S/C30H41N3O4Si/c1-35-26-17-23-24(18-27(26)36-2)30(34)33(21-11-9-7-6-8-10-12-21)28-22-13-14-32(29(22)31-19-25(23)28)20-37-15-16-38(3,4)5/h13-14,17-19,21H,6-12,15-16,20H2,1-5H3. The number of pyridine rings is 2. The number of methoxy groups -OCH3 is 2. The molecule has 1 aliphatic carbocycles. The van der Waals surface area contributed by atoms with Crippen LogP contribution in [0.2, 0.25) is 25.7 Å². The number of aromatic nitrogens is 3. The summed E-state index contributed by atoms with van der Waals surface area (Å²) in [5, 5.41) is 3.45. The average molecular weight is 536 g/mol. The molecular formula is C30H41N3O4Si. The van der Waals surface area contributed by atoms with Crippen molar-refractivity contribution in [3.63, 3.8) is 0 Å². The SMILES string of the molecule is COc1cc2c(=O)n(C3CCCCCCC3)c3c(cnc4c3ccn4COCC[Si](C)(C)C)c2cc1OC. The second-order valence-electron chi connectivity index (χ2n) is 11.8. The molecule has 3 heterocycles. The van der Waals surface area contributed by atoms with Crippen LogP contribution in [0.3, 0.4) is 0 Å². The van der Waals surface area contributed by atoms with Gasteiger partial charge in [0, 0.05) is 49.3 Å². The zero-order chi connectivity index (χ0) is 26.9. The van der Waals surface area contributed by atoms with Crippen molar-refractivity contribution in [1.82, 2.24) is 14.1 Å². The van der Waals surface area contributed by atoms with Crippen LogP contribution in [0.5, 0.6) is 11.5 Å². The summed E-state index contributed by atoms with van der Waals surface area (Å²) in [5.74, 6) is 1.18. The number of hydrogen-bond acceptors (Lipinski definition) is 5. The summed E-state index contributed by atoms with van der Waals surface area (Å²) in [6.45, 7) is 8.29. The Kier molecular flexibility index (Phi) is 7.82. The van der Waals surface area contributed by atoms with E-state index in [0.29, 0.717) is 23.6 Å². The Morgan fingerprint density at radius 3 is 2.24 bits per heavy atom. The summed E-state index contributed by atoms with van der Waals surface area (Å²) in [7, 11) is 2.08. The normalized spacial score (nSPS) is 15.7. The van der Waals surface area contributed by atoms with E-state index in [-0.39, 0.29) is 11.6 Å². The summed E-state index contributed by atoms with van der Waals surface area (Å²) in [6, 6.07) is 7.13. The zero-order valence-electron chi connectivity index (χ0n) is 23.5. The van der Waals surface area contributed by atoms with Crippen LogP contribution in [0.4, 0.5) is 0 Å². The van der Waals surface area contributed by atoms with Crippen LogP contribution in [0, 0.1) is 0 Å². The van der Waals surface area contributed by atoms with Gasteiger partial charge in [-0.3, -0.25) is 4.79 Å². The molecule has 7 nitrogen and oxygen atoms in total. The minimum atomic E-state index is -1.16. The quantitative estimate of drug-likeness (QED) is 0.137. The zero-order valence-corrected chi connectivity index (χ0v) is 24.5. The molecule has 5 rings (SSSR count). The molecule has 4 aromatic rings. The fourth-order valence-electron chi connectivity index (χ4n) is 5.78. The number of nitrogens with zero attached hydrogens (tertiary/aromatic N) is 3. The van der Waals surface area contributed by atoms with E-state index in [4.69, 9.17) is 19.2 Å². The molecule has 0 unspecified atom stereocenters. The molecular weight excluding hydrogens is 494 g/mol. The lowest BCUT2D eigenvalue weighted by Crippen LogP contribution is -2.26. The number of fused-ring (bicyclic) bond motifs is 5. The Morgan fingerprint density at radius 1 is 0.921 bits per heavy atom. The first-order valence-electron chi connectivity index (χ1n) is 14.0. The van der Waals surface area contributed by atoms with Gasteiger partial charge >= 0.3 is 0 Å². The molecule has 1 fully saturated rings. The van der Waals surface area contributed by atoms with E-state index in [1.54, 1.807) is 14.2 Å². The van der Waals surface area contributed by atoms with Crippen LogP contribution in [0.1, 0.15) is 51.0 Å². The van der Waals surface area contributed by atoms with E-state index >= 15 is 0 Å². The molecule has 0 amide bonds. The van der Waals surface area contributed by atoms with Gasteiger partial charge in [-0.15, -0.1) is 0 Å². The van der Waals surface area contributed by atoms with Crippen LogP contribution < -0.4 is 15.0 Å². The number of benzene rings is 1. The van der Waals surface area contributed by atoms with Crippen molar-refractivity contribution in [2.75, 3.05) is 20.8 Å². The van der Waals surface area contributed by atoms with Crippen molar-refractivity contribution in [2.45, 2.75) is 83.4 Å². The van der Waals surface area contributed by atoms with E-state index < -0.39 is 8.07 Å². The van der Waals surface area contributed by atoms with Gasteiger partial charge in [-0.1, -0.05) is 51.7 Å². The number of hydrogen-bond donors (Lipinski definition) is 0. The summed E-state index contributed by atoms with van der Waals surface area (Å²) in [5.41, 5.74) is 1.85. The van der Waals surface area contributed by atoms with Gasteiger partial charge in [-0.2, -0.15) is 0 Å². The summed E-state index contributed by atoms with van der Waals surface area (Å²) in [6.07, 6.45) is 12.0. The molecule has 0 aliphatic heterocycles. The minimum Gasteiger partial charge on any atom is -0.493 e. The first-order valence-corrected chi connectivity index (χ1v) is 17.7. The predicted molar refractivity (Wildman–Crippen MR) is 158 cm³/mol. The Morgan fingerprint density at radius 2 is 1.58 bits per heavy atom. The monoisotopic (exact) mass is 535 g/mol. The van der Waals surface area contributed by atoms with E-state index in [1.807, 2.05) is 24.5 Å². The van der Waals surface area contributed by atoms with E-state index in [2.05, 4.69) is 34.8 Å². The van der Waals surface area contributed by atoms with E-state index in [0.717, 1.165) is 65.7 Å². The lowest BCUT2D eigenvalue weighted by Gasteiger charge is -2.25. The highest BCUT2D eigenvalue weighted by atomic mass is 28.3. The lowest BCUT2D eigenvalue weighted by molar-refractivity contribution is 0.0899. The molecule has 0 bridgehead atoms. The fourth-order valence-corrected chi connectivity index (χ4v) is 6.53. The third-order valence-corrected chi connectivity index (χ3v) is 9.64. The largest absolute Gasteiger partial charge is 0.493 e. The third-order valence-electron chi connectivity index (χ3n) is 7.93. The van der Waals surface area contributed by atoms with Crippen LogP contribution in [0.15, 0.2) is 35.4 Å². The van der Waals surface area contributed by atoms with Gasteiger partial charge in [0.05, 0.1) is 25.1 Å². The molecule has 3 aromatic heterocycles. The molecule has 0 atom stereocenters. The van der Waals surface area contributed by atoms with Crippen molar-refractivity contribution in [3.05, 3.63) is 40.9 Å². The molecule has 0 spiro atoms. The fraction of sp³-hybridized carbons (Fsp3) is 0.533. The topological polar surface area (TPSA) is 67.5 Å². The highest BCUT2D eigenvalue weighted by molar-refractivity contribution is 6.76. The van der Waals surface area contributed by atoms with Gasteiger partial charge in [0.2, 0.25) is 0 Å². The summed E-state index contributed by atoms with van der Waals surface area (Å²) >= 11 is 0. The van der Waals surface area contributed by atoms with Gasteiger partial charge in [-0.05, 0) is 37.1 Å². The molecule has 1 aromatic carbocycles. The van der Waals surface area contributed by atoms with Gasteiger partial charge in [0.25, 0.3) is 5.56 Å². The Balaban J connectivity index is 1.71. The first-order chi connectivity index (χ1) is 18.3. The lowest BCUT2D eigenvalue weighted by atomic mass is 9.95. The highest BCUT2D eigenvalue weighted by Gasteiger charge is 2.23. The Labute approximate surface area is 225 Å². The second-order valence-corrected chi connectivity index (χ2v) is 17.4. The van der Waals surface area contributed by atoms with Crippen molar-refractivity contribution in [3.8, 4) is 11.5 Å². The summed E-state index contributed by atoms with van der Waals surface area (Å²) < 4.78 is 21.4. The number of rotatable bonds is 8. The second kappa shape index (κ2) is 11.1. The molecule has 1 saturated carbocycles. The Hall–Kier alpha value is -2.84. The maximum Gasteiger partial charge on any atom is 0.259 e. The molecule has 0 radical (unpaired) electrons. The maximum atomic E-state index is 14.3. The van der Waals surface area contributed by atoms with Crippen molar-refractivity contribution in [1.29, 1.82) is 0 Å². The summed E-state index contributed by atoms with van der Waals surface area (Å²) in [4.78, 5) is 19.2. The number of ether oxygens (including phenoxy) is 3. The van der Waals surface area contributed by atoms with E-state index in [9.17, 15) is 4.79 Å². The van der Waals surface area contributed by atoms with Gasteiger partial charge < -0.3 is 23.3 Å². The first kappa shape index (κ1) is 26.8. The molecule has 38 heavy (non-hydrogen) atoms. The average Bonchev–Trinajstić information content (AvgIpc) is 3.29. The van der Waals surface area contributed by atoms with E-state index in [1.165, 1.54) is 19.3 Å².